The van der Waals surface area contributed by atoms with Gasteiger partial charge in [0.25, 0.3) is 0 Å². The van der Waals surface area contributed by atoms with Crippen LogP contribution in [0.15, 0.2) is 9.88 Å². The normalized spacial score (nSPS) is 12.4. The second-order valence-electron chi connectivity index (χ2n) is 4.51. The Labute approximate surface area is 113 Å². The molecule has 2 heteroatoms. The molecule has 0 rings (SSSR count). The number of unbranched alkanes of at least 4 members (excludes halogenated alkanes) is 4. The third-order valence-corrected chi connectivity index (χ3v) is 7.00. The number of allylic oxidation sites excluding steroid dienone is 1. The van der Waals surface area contributed by atoms with Crippen LogP contribution in [0.4, 0.5) is 0 Å². The van der Waals surface area contributed by atoms with E-state index in [1.54, 1.807) is 3.80 Å². The van der Waals surface area contributed by atoms with Gasteiger partial charge in [-0.2, -0.15) is 0 Å². The van der Waals surface area contributed by atoms with Crippen molar-refractivity contribution in [3.05, 3.63) is 9.88 Å². The maximum absolute atomic E-state index is 2.52. The molecule has 0 atom stereocenters. The first kappa shape index (κ1) is 16.6. The van der Waals surface area contributed by atoms with E-state index in [1.165, 1.54) is 43.2 Å². The number of thioether (sulfide) groups is 1. The molecule has 0 radical (unpaired) electrons. The van der Waals surface area contributed by atoms with Crippen LogP contribution in [-0.4, -0.2) is 20.7 Å². The molecule has 0 saturated carbocycles. The molecule has 0 unspecified atom stereocenters. The van der Waals surface area contributed by atoms with Gasteiger partial charge in [-0.3, -0.25) is 0 Å². The third-order valence-electron chi connectivity index (χ3n) is 2.21. The van der Waals surface area contributed by atoms with Crippen molar-refractivity contribution in [2.45, 2.75) is 65.1 Å². The summed E-state index contributed by atoms with van der Waals surface area (Å²) in [6.07, 6.45) is 9.38. The van der Waals surface area contributed by atoms with E-state index in [-0.39, 0.29) is 0 Å². The second-order valence-corrected chi connectivity index (χ2v) is 8.63. The van der Waals surface area contributed by atoms with Crippen molar-refractivity contribution < 1.29 is 0 Å². The Bertz CT molecular complexity index is 176. The molecular weight excluding hydrogens is 279 g/mol. The van der Waals surface area contributed by atoms with Crippen LogP contribution in [0.25, 0.3) is 0 Å². The Balaban J connectivity index is 3.75. The Kier molecular flexibility index (Phi) is 12.5. The number of rotatable bonds is 10. The van der Waals surface area contributed by atoms with Gasteiger partial charge in [0.1, 0.15) is 0 Å². The topological polar surface area (TPSA) is 0 Å². The van der Waals surface area contributed by atoms with E-state index in [9.17, 15) is 0 Å². The average molecular weight is 307 g/mol. The zero-order valence-corrected chi connectivity index (χ0v) is 14.0. The van der Waals surface area contributed by atoms with Gasteiger partial charge in [-0.15, -0.1) is 0 Å². The van der Waals surface area contributed by atoms with Crippen molar-refractivity contribution in [2.24, 2.45) is 5.92 Å². The van der Waals surface area contributed by atoms with Crippen LogP contribution in [0.2, 0.25) is 5.32 Å². The standard InChI is InChI=1S/C14H28SSe/c1-5-7-8-9-10-11-14(15-6-2)16-12-13(3)4/h11,13H,5-10,12H2,1-4H3/b14-11-. The third kappa shape index (κ3) is 11.1. The van der Waals surface area contributed by atoms with Crippen molar-refractivity contribution in [3.63, 3.8) is 0 Å². The first-order valence-corrected chi connectivity index (χ1v) is 9.71. The SMILES string of the molecule is CCCCCC/C=C(/SCC)[Se]CC(C)C. The molecule has 0 heterocycles. The van der Waals surface area contributed by atoms with Crippen LogP contribution in [-0.2, 0) is 0 Å². The van der Waals surface area contributed by atoms with Crippen LogP contribution in [0.3, 0.4) is 0 Å². The van der Waals surface area contributed by atoms with Gasteiger partial charge < -0.3 is 0 Å². The van der Waals surface area contributed by atoms with Crippen LogP contribution in [0, 0.1) is 5.92 Å². The predicted molar refractivity (Wildman–Crippen MR) is 80.4 cm³/mol. The summed E-state index contributed by atoms with van der Waals surface area (Å²) in [5.41, 5.74) is 0. The molecular formula is C14H28SSe. The van der Waals surface area contributed by atoms with Crippen LogP contribution in [0.1, 0.15) is 59.8 Å². The Morgan fingerprint density at radius 1 is 1.19 bits per heavy atom. The molecule has 0 bridgehead atoms. The van der Waals surface area contributed by atoms with Crippen molar-refractivity contribution in [3.8, 4) is 0 Å². The summed E-state index contributed by atoms with van der Waals surface area (Å²) in [7, 11) is 0. The fourth-order valence-electron chi connectivity index (χ4n) is 1.34. The molecule has 0 N–H and O–H groups in total. The maximum atomic E-state index is 2.52. The van der Waals surface area contributed by atoms with Gasteiger partial charge >= 0.3 is 113 Å². The minimum absolute atomic E-state index is 0.736. The summed E-state index contributed by atoms with van der Waals surface area (Å²) in [5, 5.41) is 1.40. The number of hydrogen-bond acceptors (Lipinski definition) is 1. The first-order chi connectivity index (χ1) is 7.70. The summed E-state index contributed by atoms with van der Waals surface area (Å²) >= 11 is 2.81. The summed E-state index contributed by atoms with van der Waals surface area (Å²) in [4.78, 5) is 0. The van der Waals surface area contributed by atoms with E-state index in [0.717, 1.165) is 20.9 Å². The minimum atomic E-state index is 0.736. The molecule has 0 spiro atoms. The van der Waals surface area contributed by atoms with Gasteiger partial charge in [0, 0.05) is 0 Å². The van der Waals surface area contributed by atoms with Gasteiger partial charge in [-0.05, 0) is 0 Å². The first-order valence-electron chi connectivity index (χ1n) is 6.66. The van der Waals surface area contributed by atoms with Crippen LogP contribution >= 0.6 is 11.8 Å². The van der Waals surface area contributed by atoms with Gasteiger partial charge in [-0.25, -0.2) is 0 Å². The zero-order chi connectivity index (χ0) is 12.2. The number of hydrogen-bond donors (Lipinski definition) is 0. The van der Waals surface area contributed by atoms with Crippen molar-refractivity contribution in [2.75, 3.05) is 5.75 Å². The second kappa shape index (κ2) is 12.1. The summed E-state index contributed by atoms with van der Waals surface area (Å²) in [5.74, 6) is 2.10. The van der Waals surface area contributed by atoms with Crippen molar-refractivity contribution in [1.29, 1.82) is 0 Å². The molecule has 16 heavy (non-hydrogen) atoms. The molecule has 0 aromatic heterocycles. The molecule has 0 fully saturated rings. The van der Waals surface area contributed by atoms with Gasteiger partial charge in [0.15, 0.2) is 0 Å². The predicted octanol–water partition coefficient (Wildman–Crippen LogP) is 5.33. The molecule has 0 aliphatic heterocycles. The molecule has 0 amide bonds. The van der Waals surface area contributed by atoms with E-state index >= 15 is 0 Å². The van der Waals surface area contributed by atoms with Gasteiger partial charge in [-0.1, -0.05) is 0 Å². The molecule has 0 aromatic carbocycles. The molecule has 96 valence electrons. The quantitative estimate of drug-likeness (QED) is 0.388. The van der Waals surface area contributed by atoms with E-state index in [1.807, 2.05) is 0 Å². The van der Waals surface area contributed by atoms with Gasteiger partial charge in [0.05, 0.1) is 0 Å². The molecule has 0 aliphatic carbocycles. The Morgan fingerprint density at radius 2 is 1.94 bits per heavy atom. The monoisotopic (exact) mass is 308 g/mol. The Morgan fingerprint density at radius 3 is 2.50 bits per heavy atom. The van der Waals surface area contributed by atoms with E-state index in [2.05, 4.69) is 45.5 Å². The molecule has 0 aromatic rings. The van der Waals surface area contributed by atoms with Crippen molar-refractivity contribution in [1.82, 2.24) is 0 Å². The van der Waals surface area contributed by atoms with Crippen molar-refractivity contribution >= 4 is 26.7 Å². The fourth-order valence-corrected chi connectivity index (χ4v) is 5.10. The van der Waals surface area contributed by atoms with E-state index in [4.69, 9.17) is 0 Å². The van der Waals surface area contributed by atoms with Gasteiger partial charge in [0.2, 0.25) is 0 Å². The molecule has 0 saturated heterocycles. The average Bonchev–Trinajstić information content (AvgIpc) is 2.25. The van der Waals surface area contributed by atoms with E-state index < -0.39 is 0 Å². The summed E-state index contributed by atoms with van der Waals surface area (Å²) < 4.78 is 1.69. The fraction of sp³-hybridized carbons (Fsp3) is 0.857. The molecule has 0 nitrogen and oxygen atoms in total. The summed E-state index contributed by atoms with van der Waals surface area (Å²) in [6.45, 7) is 9.20. The van der Waals surface area contributed by atoms with Crippen LogP contribution < -0.4 is 0 Å². The Hall–Kier alpha value is 0.609. The van der Waals surface area contributed by atoms with E-state index in [0.29, 0.717) is 0 Å². The zero-order valence-electron chi connectivity index (χ0n) is 11.4. The summed E-state index contributed by atoms with van der Waals surface area (Å²) in [6, 6.07) is 0. The van der Waals surface area contributed by atoms with Crippen LogP contribution in [0.5, 0.6) is 0 Å². The molecule has 0 aliphatic rings.